The van der Waals surface area contributed by atoms with Crippen molar-refractivity contribution in [1.82, 2.24) is 0 Å². The van der Waals surface area contributed by atoms with E-state index in [9.17, 15) is 0 Å². The Morgan fingerprint density at radius 2 is 2.14 bits per heavy atom. The lowest BCUT2D eigenvalue weighted by Crippen LogP contribution is -2.25. The maximum absolute atomic E-state index is 5.88. The average Bonchev–Trinajstić information content (AvgIpc) is 2.94. The minimum Gasteiger partial charge on any atom is -0.387 e. The second-order valence-corrected chi connectivity index (χ2v) is 4.30. The summed E-state index contributed by atoms with van der Waals surface area (Å²) >= 11 is 0. The standard InChI is InChI=1S/C11H22N2O/c1-4-14-7-10(8(2)3)13-11(12)9-5-6-9/h8-10H,4-7H2,1-3H3,(H2,12,13). The Balaban J connectivity index is 2.44. The van der Waals surface area contributed by atoms with E-state index in [4.69, 9.17) is 10.5 Å². The second-order valence-electron chi connectivity index (χ2n) is 4.30. The predicted octanol–water partition coefficient (Wildman–Crippen LogP) is 1.81. The molecule has 0 aliphatic heterocycles. The van der Waals surface area contributed by atoms with E-state index in [0.29, 0.717) is 18.4 Å². The molecule has 0 aromatic heterocycles. The van der Waals surface area contributed by atoms with Gasteiger partial charge in [-0.1, -0.05) is 13.8 Å². The van der Waals surface area contributed by atoms with Gasteiger partial charge in [0.25, 0.3) is 0 Å². The van der Waals surface area contributed by atoms with Gasteiger partial charge >= 0.3 is 0 Å². The van der Waals surface area contributed by atoms with Crippen LogP contribution in [0.4, 0.5) is 0 Å². The third kappa shape index (κ3) is 3.66. The van der Waals surface area contributed by atoms with Crippen LogP contribution in [0.5, 0.6) is 0 Å². The van der Waals surface area contributed by atoms with E-state index < -0.39 is 0 Å². The molecule has 2 N–H and O–H groups in total. The summed E-state index contributed by atoms with van der Waals surface area (Å²) in [5, 5.41) is 0. The highest BCUT2D eigenvalue weighted by Gasteiger charge is 2.26. The van der Waals surface area contributed by atoms with Gasteiger partial charge in [0.15, 0.2) is 0 Å². The zero-order valence-electron chi connectivity index (χ0n) is 9.49. The Hall–Kier alpha value is -0.570. The molecule has 3 heteroatoms. The molecule has 0 aromatic rings. The van der Waals surface area contributed by atoms with Crippen LogP contribution in [0.3, 0.4) is 0 Å². The van der Waals surface area contributed by atoms with Crippen LogP contribution in [-0.2, 0) is 4.74 Å². The average molecular weight is 198 g/mol. The van der Waals surface area contributed by atoms with E-state index >= 15 is 0 Å². The summed E-state index contributed by atoms with van der Waals surface area (Å²) in [5.74, 6) is 1.90. The van der Waals surface area contributed by atoms with E-state index in [1.54, 1.807) is 0 Å². The number of ether oxygens (including phenoxy) is 1. The Morgan fingerprint density at radius 1 is 1.50 bits per heavy atom. The van der Waals surface area contributed by atoms with Gasteiger partial charge in [0.1, 0.15) is 0 Å². The first-order chi connectivity index (χ1) is 6.65. The molecule has 0 heterocycles. The first kappa shape index (κ1) is 11.5. The molecule has 14 heavy (non-hydrogen) atoms. The van der Waals surface area contributed by atoms with E-state index in [1.165, 1.54) is 12.8 Å². The Morgan fingerprint density at radius 3 is 2.57 bits per heavy atom. The molecular formula is C11H22N2O. The highest BCUT2D eigenvalue weighted by molar-refractivity contribution is 5.85. The summed E-state index contributed by atoms with van der Waals surface area (Å²) in [6, 6.07) is 0.232. The van der Waals surface area contributed by atoms with Crippen molar-refractivity contribution in [3.63, 3.8) is 0 Å². The van der Waals surface area contributed by atoms with E-state index in [2.05, 4.69) is 18.8 Å². The van der Waals surface area contributed by atoms with Crippen LogP contribution < -0.4 is 5.73 Å². The van der Waals surface area contributed by atoms with Crippen LogP contribution in [0.25, 0.3) is 0 Å². The number of aliphatic imine (C=N–C) groups is 1. The predicted molar refractivity (Wildman–Crippen MR) is 59.5 cm³/mol. The Labute approximate surface area is 86.7 Å². The molecule has 1 rings (SSSR count). The van der Waals surface area contributed by atoms with Crippen molar-refractivity contribution in [3.8, 4) is 0 Å². The van der Waals surface area contributed by atoms with Crippen molar-refractivity contribution in [2.45, 2.75) is 39.7 Å². The van der Waals surface area contributed by atoms with Gasteiger partial charge in [-0.25, -0.2) is 0 Å². The normalized spacial score (nSPS) is 20.1. The van der Waals surface area contributed by atoms with Crippen molar-refractivity contribution >= 4 is 5.84 Å². The van der Waals surface area contributed by atoms with E-state index in [-0.39, 0.29) is 6.04 Å². The van der Waals surface area contributed by atoms with Crippen LogP contribution in [-0.4, -0.2) is 25.1 Å². The molecule has 0 spiro atoms. The first-order valence-corrected chi connectivity index (χ1v) is 5.56. The maximum atomic E-state index is 5.88. The number of nitrogens with two attached hydrogens (primary N) is 1. The monoisotopic (exact) mass is 198 g/mol. The van der Waals surface area contributed by atoms with Gasteiger partial charge < -0.3 is 10.5 Å². The zero-order valence-corrected chi connectivity index (χ0v) is 9.49. The zero-order chi connectivity index (χ0) is 10.6. The van der Waals surface area contributed by atoms with Crippen LogP contribution in [0.1, 0.15) is 33.6 Å². The molecule has 1 fully saturated rings. The molecule has 82 valence electrons. The molecule has 1 atom stereocenters. The highest BCUT2D eigenvalue weighted by Crippen LogP contribution is 2.29. The Bertz CT molecular complexity index is 197. The molecule has 1 saturated carbocycles. The van der Waals surface area contributed by atoms with Gasteiger partial charge in [-0.05, 0) is 25.7 Å². The molecular weight excluding hydrogens is 176 g/mol. The quantitative estimate of drug-likeness (QED) is 0.522. The van der Waals surface area contributed by atoms with Gasteiger partial charge in [0.2, 0.25) is 0 Å². The molecule has 0 aromatic carbocycles. The van der Waals surface area contributed by atoms with Crippen molar-refractivity contribution in [2.24, 2.45) is 22.6 Å². The van der Waals surface area contributed by atoms with Crippen molar-refractivity contribution < 1.29 is 4.74 Å². The lowest BCUT2D eigenvalue weighted by atomic mass is 10.1. The molecule has 3 nitrogen and oxygen atoms in total. The number of rotatable bonds is 6. The van der Waals surface area contributed by atoms with Gasteiger partial charge in [-0.2, -0.15) is 0 Å². The fourth-order valence-corrected chi connectivity index (χ4v) is 1.29. The van der Waals surface area contributed by atoms with Crippen molar-refractivity contribution in [2.75, 3.05) is 13.2 Å². The number of amidine groups is 1. The fraction of sp³-hybridized carbons (Fsp3) is 0.909. The van der Waals surface area contributed by atoms with E-state index in [1.807, 2.05) is 6.92 Å². The number of hydrogen-bond acceptors (Lipinski definition) is 2. The summed E-state index contributed by atoms with van der Waals surface area (Å²) in [6.07, 6.45) is 2.43. The smallest absolute Gasteiger partial charge is 0.0973 e. The molecule has 0 saturated heterocycles. The number of hydrogen-bond donors (Lipinski definition) is 1. The molecule has 1 unspecified atom stereocenters. The summed E-state index contributed by atoms with van der Waals surface area (Å²) in [5.41, 5.74) is 5.88. The summed E-state index contributed by atoms with van der Waals surface area (Å²) in [4.78, 5) is 4.54. The first-order valence-electron chi connectivity index (χ1n) is 5.56. The second kappa shape index (κ2) is 5.35. The molecule has 1 aliphatic rings. The third-order valence-corrected chi connectivity index (χ3v) is 2.57. The minimum absolute atomic E-state index is 0.232. The van der Waals surface area contributed by atoms with Crippen LogP contribution in [0.2, 0.25) is 0 Å². The van der Waals surface area contributed by atoms with Crippen LogP contribution in [0.15, 0.2) is 4.99 Å². The largest absolute Gasteiger partial charge is 0.387 e. The van der Waals surface area contributed by atoms with Gasteiger partial charge in [0.05, 0.1) is 18.5 Å². The number of nitrogens with zero attached hydrogens (tertiary/aromatic N) is 1. The summed E-state index contributed by atoms with van der Waals surface area (Å²) < 4.78 is 5.40. The summed E-state index contributed by atoms with van der Waals surface area (Å²) in [7, 11) is 0. The van der Waals surface area contributed by atoms with Crippen LogP contribution in [0, 0.1) is 11.8 Å². The fourth-order valence-electron chi connectivity index (χ4n) is 1.29. The van der Waals surface area contributed by atoms with Crippen molar-refractivity contribution in [3.05, 3.63) is 0 Å². The van der Waals surface area contributed by atoms with Gasteiger partial charge in [-0.15, -0.1) is 0 Å². The molecule has 0 amide bonds. The lowest BCUT2D eigenvalue weighted by Gasteiger charge is -2.17. The molecule has 0 bridgehead atoms. The van der Waals surface area contributed by atoms with Gasteiger partial charge in [0, 0.05) is 12.5 Å². The van der Waals surface area contributed by atoms with Gasteiger partial charge in [-0.3, -0.25) is 4.99 Å². The van der Waals surface area contributed by atoms with Crippen molar-refractivity contribution in [1.29, 1.82) is 0 Å². The summed E-state index contributed by atoms with van der Waals surface area (Å²) in [6.45, 7) is 7.77. The SMILES string of the molecule is CCOCC(N=C(N)C1CC1)C(C)C. The highest BCUT2D eigenvalue weighted by atomic mass is 16.5. The maximum Gasteiger partial charge on any atom is 0.0973 e. The van der Waals surface area contributed by atoms with E-state index in [0.717, 1.165) is 12.4 Å². The van der Waals surface area contributed by atoms with Crippen LogP contribution >= 0.6 is 0 Å². The topological polar surface area (TPSA) is 47.6 Å². The minimum atomic E-state index is 0.232. The Kier molecular flexibility index (Phi) is 4.39. The third-order valence-electron chi connectivity index (χ3n) is 2.57. The molecule has 1 aliphatic carbocycles. The molecule has 0 radical (unpaired) electrons. The lowest BCUT2D eigenvalue weighted by molar-refractivity contribution is 0.122.